The van der Waals surface area contributed by atoms with Gasteiger partial charge in [0.2, 0.25) is 15.9 Å². The van der Waals surface area contributed by atoms with Crippen molar-refractivity contribution < 1.29 is 13.2 Å². The van der Waals surface area contributed by atoms with Crippen LogP contribution in [0.3, 0.4) is 0 Å². The van der Waals surface area contributed by atoms with Crippen molar-refractivity contribution in [2.24, 2.45) is 0 Å². The van der Waals surface area contributed by atoms with Crippen LogP contribution in [0, 0.1) is 6.92 Å². The van der Waals surface area contributed by atoms with E-state index in [0.29, 0.717) is 10.8 Å². The zero-order valence-electron chi connectivity index (χ0n) is 17.0. The zero-order chi connectivity index (χ0) is 21.0. The molecule has 30 heavy (non-hydrogen) atoms. The van der Waals surface area contributed by atoms with Crippen molar-refractivity contribution in [3.8, 4) is 17.1 Å². The number of sulfonamides is 1. The lowest BCUT2D eigenvalue weighted by atomic mass is 9.92. The van der Waals surface area contributed by atoms with E-state index in [-0.39, 0.29) is 13.2 Å². The van der Waals surface area contributed by atoms with Crippen LogP contribution in [0.4, 0.5) is 0 Å². The van der Waals surface area contributed by atoms with E-state index in [1.807, 2.05) is 43.3 Å². The molecule has 0 unspecified atom stereocenters. The van der Waals surface area contributed by atoms with E-state index in [2.05, 4.69) is 14.9 Å². The minimum absolute atomic E-state index is 0.154. The second kappa shape index (κ2) is 8.93. The molecule has 156 valence electrons. The summed E-state index contributed by atoms with van der Waals surface area (Å²) in [7, 11) is -3.56. The van der Waals surface area contributed by atoms with Crippen LogP contribution in [0.25, 0.3) is 11.3 Å². The molecule has 0 saturated heterocycles. The van der Waals surface area contributed by atoms with Crippen LogP contribution in [0.1, 0.15) is 29.5 Å². The molecule has 6 nitrogen and oxygen atoms in total. The summed E-state index contributed by atoms with van der Waals surface area (Å²) in [6.45, 7) is 2.36. The number of hydrogen-bond donors (Lipinski definition) is 1. The lowest BCUT2D eigenvalue weighted by molar-refractivity contribution is 0.307. The Balaban J connectivity index is 1.30. The Hall–Kier alpha value is -2.77. The van der Waals surface area contributed by atoms with Crippen LogP contribution < -0.4 is 9.46 Å². The molecule has 1 aliphatic rings. The monoisotopic (exact) mass is 423 g/mol. The summed E-state index contributed by atoms with van der Waals surface area (Å²) >= 11 is 0. The standard InChI is InChI=1S/C23H25N3O3S/c1-17-6-8-19(9-7-17)22-12-13-23(26-25-22)29-15-14-24-30(27,28)21-11-10-18-4-2-3-5-20(18)16-21/h6-13,16,24H,2-5,14-15H2,1H3. The molecule has 0 fully saturated rings. The highest BCUT2D eigenvalue weighted by Crippen LogP contribution is 2.24. The average Bonchev–Trinajstić information content (AvgIpc) is 2.77. The molecule has 3 aromatic rings. The minimum atomic E-state index is -3.56. The second-order valence-electron chi connectivity index (χ2n) is 7.51. The first-order valence-corrected chi connectivity index (χ1v) is 11.6. The lowest BCUT2D eigenvalue weighted by Crippen LogP contribution is -2.28. The van der Waals surface area contributed by atoms with Gasteiger partial charge < -0.3 is 4.74 Å². The maximum absolute atomic E-state index is 12.6. The van der Waals surface area contributed by atoms with Gasteiger partial charge in [0.05, 0.1) is 10.6 Å². The minimum Gasteiger partial charge on any atom is -0.475 e. The molecule has 4 rings (SSSR count). The van der Waals surface area contributed by atoms with E-state index < -0.39 is 10.0 Å². The normalized spacial score (nSPS) is 13.6. The van der Waals surface area contributed by atoms with E-state index in [1.54, 1.807) is 18.2 Å². The topological polar surface area (TPSA) is 81.2 Å². The van der Waals surface area contributed by atoms with E-state index in [0.717, 1.165) is 36.1 Å². The summed E-state index contributed by atoms with van der Waals surface area (Å²) in [6, 6.07) is 17.0. The van der Waals surface area contributed by atoms with Gasteiger partial charge in [0, 0.05) is 18.2 Å². The fraction of sp³-hybridized carbons (Fsp3) is 0.304. The summed E-state index contributed by atoms with van der Waals surface area (Å²) in [5, 5.41) is 8.25. The third-order valence-electron chi connectivity index (χ3n) is 5.26. The van der Waals surface area contributed by atoms with Gasteiger partial charge in [-0.05, 0) is 61.9 Å². The SMILES string of the molecule is Cc1ccc(-c2ccc(OCCNS(=O)(=O)c3ccc4c(c3)CCCC4)nn2)cc1. The fourth-order valence-electron chi connectivity index (χ4n) is 3.57. The van der Waals surface area contributed by atoms with Gasteiger partial charge in [0.1, 0.15) is 6.61 Å². The Morgan fingerprint density at radius 1 is 0.933 bits per heavy atom. The van der Waals surface area contributed by atoms with E-state index in [4.69, 9.17) is 4.74 Å². The number of aryl methyl sites for hydroxylation is 3. The Labute approximate surface area is 177 Å². The van der Waals surface area contributed by atoms with Gasteiger partial charge in [-0.2, -0.15) is 0 Å². The van der Waals surface area contributed by atoms with Crippen molar-refractivity contribution in [3.05, 3.63) is 71.3 Å². The van der Waals surface area contributed by atoms with Gasteiger partial charge in [-0.3, -0.25) is 0 Å². The van der Waals surface area contributed by atoms with Crippen LogP contribution in [-0.4, -0.2) is 31.8 Å². The third kappa shape index (κ3) is 4.86. The molecular weight excluding hydrogens is 398 g/mol. The highest BCUT2D eigenvalue weighted by Gasteiger charge is 2.17. The first-order chi connectivity index (χ1) is 14.5. The molecule has 0 bridgehead atoms. The summed E-state index contributed by atoms with van der Waals surface area (Å²) in [5.41, 5.74) is 5.33. The molecule has 0 atom stereocenters. The van der Waals surface area contributed by atoms with Crippen molar-refractivity contribution >= 4 is 10.0 Å². The predicted octanol–water partition coefficient (Wildman–Crippen LogP) is 3.69. The summed E-state index contributed by atoms with van der Waals surface area (Å²) in [6.07, 6.45) is 4.25. The molecule has 0 saturated carbocycles. The molecule has 1 heterocycles. The Morgan fingerprint density at radius 3 is 2.43 bits per heavy atom. The largest absolute Gasteiger partial charge is 0.475 e. The lowest BCUT2D eigenvalue weighted by Gasteiger charge is -2.16. The molecule has 0 aliphatic heterocycles. The number of aromatic nitrogens is 2. The van der Waals surface area contributed by atoms with Crippen molar-refractivity contribution in [1.82, 2.24) is 14.9 Å². The first-order valence-electron chi connectivity index (χ1n) is 10.2. The van der Waals surface area contributed by atoms with Crippen LogP contribution in [0.15, 0.2) is 59.5 Å². The number of hydrogen-bond acceptors (Lipinski definition) is 5. The number of benzene rings is 2. The second-order valence-corrected chi connectivity index (χ2v) is 9.27. The molecule has 0 radical (unpaired) electrons. The summed E-state index contributed by atoms with van der Waals surface area (Å²) in [5.74, 6) is 0.360. The van der Waals surface area contributed by atoms with Crippen molar-refractivity contribution in [2.45, 2.75) is 37.5 Å². The molecule has 0 spiro atoms. The highest BCUT2D eigenvalue weighted by atomic mass is 32.2. The molecule has 0 amide bonds. The van der Waals surface area contributed by atoms with Crippen LogP contribution in [-0.2, 0) is 22.9 Å². The molecule has 1 aromatic heterocycles. The van der Waals surface area contributed by atoms with Gasteiger partial charge in [-0.25, -0.2) is 13.1 Å². The number of rotatable bonds is 7. The van der Waals surface area contributed by atoms with Gasteiger partial charge in [-0.15, -0.1) is 10.2 Å². The molecule has 2 aromatic carbocycles. The maximum atomic E-state index is 12.6. The Kier molecular flexibility index (Phi) is 6.11. The van der Waals surface area contributed by atoms with Crippen LogP contribution in [0.5, 0.6) is 5.88 Å². The fourth-order valence-corrected chi connectivity index (χ4v) is 4.63. The number of nitrogens with one attached hydrogen (secondary N) is 1. The summed E-state index contributed by atoms with van der Waals surface area (Å²) < 4.78 is 33.3. The number of ether oxygens (including phenoxy) is 1. The Morgan fingerprint density at radius 2 is 1.70 bits per heavy atom. The average molecular weight is 424 g/mol. The first kappa shape index (κ1) is 20.5. The van der Waals surface area contributed by atoms with Gasteiger partial charge >= 0.3 is 0 Å². The van der Waals surface area contributed by atoms with Crippen molar-refractivity contribution in [3.63, 3.8) is 0 Å². The quantitative estimate of drug-likeness (QED) is 0.586. The van der Waals surface area contributed by atoms with Gasteiger partial charge in [0.15, 0.2) is 0 Å². The molecule has 1 aliphatic carbocycles. The van der Waals surface area contributed by atoms with Crippen molar-refractivity contribution in [1.29, 1.82) is 0 Å². The van der Waals surface area contributed by atoms with E-state index in [1.165, 1.54) is 17.5 Å². The van der Waals surface area contributed by atoms with Crippen molar-refractivity contribution in [2.75, 3.05) is 13.2 Å². The van der Waals surface area contributed by atoms with Gasteiger partial charge in [-0.1, -0.05) is 35.9 Å². The molecule has 1 N–H and O–H groups in total. The predicted molar refractivity (Wildman–Crippen MR) is 116 cm³/mol. The number of nitrogens with zero attached hydrogens (tertiary/aromatic N) is 2. The smallest absolute Gasteiger partial charge is 0.240 e. The van der Waals surface area contributed by atoms with Crippen LogP contribution >= 0.6 is 0 Å². The van der Waals surface area contributed by atoms with Gasteiger partial charge in [0.25, 0.3) is 0 Å². The van der Waals surface area contributed by atoms with Crippen LogP contribution in [0.2, 0.25) is 0 Å². The van der Waals surface area contributed by atoms with E-state index >= 15 is 0 Å². The Bertz CT molecular complexity index is 1110. The molecule has 7 heteroatoms. The highest BCUT2D eigenvalue weighted by molar-refractivity contribution is 7.89. The summed E-state index contributed by atoms with van der Waals surface area (Å²) in [4.78, 5) is 0.311. The molecular formula is C23H25N3O3S. The number of fused-ring (bicyclic) bond motifs is 1. The third-order valence-corrected chi connectivity index (χ3v) is 6.72. The zero-order valence-corrected chi connectivity index (χ0v) is 17.8. The van der Waals surface area contributed by atoms with E-state index in [9.17, 15) is 8.42 Å². The maximum Gasteiger partial charge on any atom is 0.240 e.